The minimum Gasteiger partial charge on any atom is -0.312 e. The number of thioether (sulfide) groups is 1. The van der Waals surface area contributed by atoms with Crippen LogP contribution in [0, 0.1) is 11.8 Å². The van der Waals surface area contributed by atoms with Crippen molar-refractivity contribution in [1.82, 2.24) is 5.32 Å². The lowest BCUT2D eigenvalue weighted by Gasteiger charge is -2.26. The Morgan fingerprint density at radius 3 is 2.29 bits per heavy atom. The highest BCUT2D eigenvalue weighted by molar-refractivity contribution is 7.99. The van der Waals surface area contributed by atoms with Gasteiger partial charge in [-0.1, -0.05) is 20.8 Å². The average molecular weight is 260 g/mol. The lowest BCUT2D eigenvalue weighted by molar-refractivity contribution is 0.318. The molecular formula is C15H33NS. The van der Waals surface area contributed by atoms with Crippen molar-refractivity contribution in [3.63, 3.8) is 0 Å². The van der Waals surface area contributed by atoms with Gasteiger partial charge >= 0.3 is 0 Å². The molecule has 0 spiro atoms. The zero-order valence-electron chi connectivity index (χ0n) is 12.8. The van der Waals surface area contributed by atoms with Gasteiger partial charge in [0.2, 0.25) is 0 Å². The van der Waals surface area contributed by atoms with Crippen LogP contribution in [0.1, 0.15) is 60.8 Å². The normalized spacial score (nSPS) is 14.3. The van der Waals surface area contributed by atoms with Gasteiger partial charge in [-0.25, -0.2) is 0 Å². The first kappa shape index (κ1) is 17.3. The van der Waals surface area contributed by atoms with Crippen molar-refractivity contribution in [2.45, 2.75) is 66.3 Å². The molecule has 0 heterocycles. The fourth-order valence-electron chi connectivity index (χ4n) is 2.04. The van der Waals surface area contributed by atoms with Gasteiger partial charge in [0.25, 0.3) is 0 Å². The van der Waals surface area contributed by atoms with Gasteiger partial charge in [-0.2, -0.15) is 11.8 Å². The highest BCUT2D eigenvalue weighted by Gasteiger charge is 2.15. The molecule has 0 aromatic heterocycles. The van der Waals surface area contributed by atoms with Crippen molar-refractivity contribution in [1.29, 1.82) is 0 Å². The van der Waals surface area contributed by atoms with Crippen LogP contribution in [0.15, 0.2) is 0 Å². The topological polar surface area (TPSA) is 12.0 Å². The Labute approximate surface area is 114 Å². The Hall–Kier alpha value is 0.310. The Kier molecular flexibility index (Phi) is 9.44. The summed E-state index contributed by atoms with van der Waals surface area (Å²) in [5, 5.41) is 3.66. The Balaban J connectivity index is 3.88. The van der Waals surface area contributed by atoms with Crippen molar-refractivity contribution < 1.29 is 0 Å². The van der Waals surface area contributed by atoms with Crippen molar-refractivity contribution in [2.75, 3.05) is 18.1 Å². The molecule has 0 aromatic carbocycles. The molecule has 0 amide bonds. The lowest BCUT2D eigenvalue weighted by Crippen LogP contribution is -2.39. The molecule has 1 unspecified atom stereocenters. The van der Waals surface area contributed by atoms with Crippen LogP contribution < -0.4 is 5.32 Å². The molecule has 0 aromatic rings. The summed E-state index contributed by atoms with van der Waals surface area (Å²) < 4.78 is 0. The molecular weight excluding hydrogens is 226 g/mol. The summed E-state index contributed by atoms with van der Waals surface area (Å²) in [6, 6.07) is 0. The van der Waals surface area contributed by atoms with Crippen LogP contribution in [0.5, 0.6) is 0 Å². The highest BCUT2D eigenvalue weighted by Crippen LogP contribution is 2.19. The first-order valence-electron chi connectivity index (χ1n) is 7.18. The molecule has 0 bridgehead atoms. The van der Waals surface area contributed by atoms with Crippen LogP contribution in [-0.4, -0.2) is 23.6 Å². The molecule has 1 nitrogen and oxygen atoms in total. The van der Waals surface area contributed by atoms with Crippen LogP contribution in [0.4, 0.5) is 0 Å². The highest BCUT2D eigenvalue weighted by atomic mass is 32.2. The minimum atomic E-state index is 0.257. The van der Waals surface area contributed by atoms with E-state index in [9.17, 15) is 0 Å². The van der Waals surface area contributed by atoms with Gasteiger partial charge in [0.05, 0.1) is 0 Å². The monoisotopic (exact) mass is 259 g/mol. The Morgan fingerprint density at radius 2 is 1.82 bits per heavy atom. The molecule has 0 fully saturated rings. The molecule has 1 N–H and O–H groups in total. The molecule has 0 saturated carbocycles. The zero-order chi connectivity index (χ0) is 13.3. The number of rotatable bonds is 9. The van der Waals surface area contributed by atoms with Crippen molar-refractivity contribution in [3.8, 4) is 0 Å². The SMILES string of the molecule is CCSCCCC(CNC(C)(C)C)CC(C)C. The maximum atomic E-state index is 3.66. The quantitative estimate of drug-likeness (QED) is 0.609. The largest absolute Gasteiger partial charge is 0.312 e. The molecule has 17 heavy (non-hydrogen) atoms. The number of nitrogens with one attached hydrogen (secondary N) is 1. The summed E-state index contributed by atoms with van der Waals surface area (Å²) in [6.07, 6.45) is 4.12. The summed E-state index contributed by atoms with van der Waals surface area (Å²) in [7, 11) is 0. The third kappa shape index (κ3) is 12.6. The van der Waals surface area contributed by atoms with E-state index in [4.69, 9.17) is 0 Å². The first-order chi connectivity index (χ1) is 7.85. The Bertz CT molecular complexity index is 172. The van der Waals surface area contributed by atoms with Gasteiger partial charge in [0.1, 0.15) is 0 Å². The van der Waals surface area contributed by atoms with E-state index < -0.39 is 0 Å². The molecule has 1 atom stereocenters. The van der Waals surface area contributed by atoms with Crippen LogP contribution in [0.2, 0.25) is 0 Å². The summed E-state index contributed by atoms with van der Waals surface area (Å²) in [6.45, 7) is 14.9. The maximum Gasteiger partial charge on any atom is 0.00966 e. The van der Waals surface area contributed by atoms with Crippen molar-refractivity contribution >= 4 is 11.8 Å². The third-order valence-corrected chi connectivity index (χ3v) is 3.82. The van der Waals surface area contributed by atoms with Crippen molar-refractivity contribution in [2.24, 2.45) is 11.8 Å². The van der Waals surface area contributed by atoms with Crippen LogP contribution >= 0.6 is 11.8 Å². The van der Waals surface area contributed by atoms with Gasteiger partial charge < -0.3 is 5.32 Å². The van der Waals surface area contributed by atoms with E-state index in [0.29, 0.717) is 0 Å². The number of hydrogen-bond acceptors (Lipinski definition) is 2. The van der Waals surface area contributed by atoms with Crippen LogP contribution in [0.25, 0.3) is 0 Å². The fourth-order valence-corrected chi connectivity index (χ4v) is 2.70. The van der Waals surface area contributed by atoms with E-state index in [1.807, 2.05) is 0 Å². The summed E-state index contributed by atoms with van der Waals surface area (Å²) in [5.41, 5.74) is 0.257. The summed E-state index contributed by atoms with van der Waals surface area (Å²) >= 11 is 2.07. The van der Waals surface area contributed by atoms with Crippen molar-refractivity contribution in [3.05, 3.63) is 0 Å². The molecule has 0 rings (SSSR count). The van der Waals surface area contributed by atoms with Gasteiger partial charge in [-0.3, -0.25) is 0 Å². The fraction of sp³-hybridized carbons (Fsp3) is 1.00. The second-order valence-corrected chi connectivity index (χ2v) is 7.86. The van der Waals surface area contributed by atoms with Crippen LogP contribution in [-0.2, 0) is 0 Å². The van der Waals surface area contributed by atoms with E-state index in [1.165, 1.54) is 37.3 Å². The van der Waals surface area contributed by atoms with Gasteiger partial charge in [-0.05, 0) is 69.9 Å². The lowest BCUT2D eigenvalue weighted by atomic mass is 9.92. The molecule has 0 aliphatic rings. The smallest absolute Gasteiger partial charge is 0.00966 e. The van der Waals surface area contributed by atoms with Gasteiger partial charge in [0, 0.05) is 5.54 Å². The standard InChI is InChI=1S/C15H33NS/c1-7-17-10-8-9-14(11-13(2)3)12-16-15(4,5)6/h13-14,16H,7-12H2,1-6H3. The first-order valence-corrected chi connectivity index (χ1v) is 8.33. The van der Waals surface area contributed by atoms with E-state index in [0.717, 1.165) is 11.8 Å². The van der Waals surface area contributed by atoms with E-state index >= 15 is 0 Å². The Morgan fingerprint density at radius 1 is 1.18 bits per heavy atom. The zero-order valence-corrected chi connectivity index (χ0v) is 13.6. The average Bonchev–Trinajstić information content (AvgIpc) is 2.18. The summed E-state index contributed by atoms with van der Waals surface area (Å²) in [5.74, 6) is 4.27. The van der Waals surface area contributed by atoms with Crippen LogP contribution in [0.3, 0.4) is 0 Å². The second kappa shape index (κ2) is 9.27. The molecule has 0 aliphatic heterocycles. The second-order valence-electron chi connectivity index (χ2n) is 6.47. The predicted molar refractivity (Wildman–Crippen MR) is 82.9 cm³/mol. The third-order valence-electron chi connectivity index (χ3n) is 2.83. The number of hydrogen-bond donors (Lipinski definition) is 1. The maximum absolute atomic E-state index is 3.66. The molecule has 0 radical (unpaired) electrons. The van der Waals surface area contributed by atoms with Gasteiger partial charge in [-0.15, -0.1) is 0 Å². The van der Waals surface area contributed by atoms with E-state index in [-0.39, 0.29) is 5.54 Å². The molecule has 104 valence electrons. The predicted octanol–water partition coefficient (Wildman–Crippen LogP) is 4.57. The van der Waals surface area contributed by atoms with E-state index in [1.54, 1.807) is 0 Å². The molecule has 0 aliphatic carbocycles. The van der Waals surface area contributed by atoms with Gasteiger partial charge in [0.15, 0.2) is 0 Å². The molecule has 2 heteroatoms. The minimum absolute atomic E-state index is 0.257. The van der Waals surface area contributed by atoms with E-state index in [2.05, 4.69) is 58.6 Å². The molecule has 0 saturated heterocycles. The summed E-state index contributed by atoms with van der Waals surface area (Å²) in [4.78, 5) is 0.